The molecule has 1 atom stereocenters. The summed E-state index contributed by atoms with van der Waals surface area (Å²) >= 11 is 0. The highest BCUT2D eigenvalue weighted by atomic mass is 16.5. The largest absolute Gasteiger partial charge is 0.497 e. The molecule has 2 aromatic carbocycles. The zero-order valence-electron chi connectivity index (χ0n) is 19.1. The zero-order chi connectivity index (χ0) is 23.8. The van der Waals surface area contributed by atoms with E-state index in [1.807, 2.05) is 6.92 Å². The number of benzene rings is 2. The standard InChI is InChI=1S/C24H29N3O6/c1-4-13-33-19-10-8-17(9-11-19)25-22(28)16-21-23(29)27(24(30)26(21)12-14-31-2)18-6-5-7-20(15-18)32-3/h5-11,15,21H,4,12-14,16H2,1-3H3,(H,25,28). The van der Waals surface area contributed by atoms with Crippen LogP contribution in [0.5, 0.6) is 11.5 Å². The summed E-state index contributed by atoms with van der Waals surface area (Å²) in [5.74, 6) is 0.385. The number of rotatable bonds is 11. The molecule has 9 nitrogen and oxygen atoms in total. The van der Waals surface area contributed by atoms with Gasteiger partial charge in [-0.2, -0.15) is 0 Å². The quantitative estimate of drug-likeness (QED) is 0.522. The fourth-order valence-electron chi connectivity index (χ4n) is 3.51. The van der Waals surface area contributed by atoms with E-state index < -0.39 is 18.0 Å². The van der Waals surface area contributed by atoms with Crippen LogP contribution in [0.3, 0.4) is 0 Å². The van der Waals surface area contributed by atoms with Gasteiger partial charge in [0.05, 0.1) is 32.4 Å². The van der Waals surface area contributed by atoms with Crippen LogP contribution in [-0.2, 0) is 14.3 Å². The highest BCUT2D eigenvalue weighted by Crippen LogP contribution is 2.29. The van der Waals surface area contributed by atoms with Gasteiger partial charge in [0.25, 0.3) is 5.91 Å². The molecule has 4 amide bonds. The van der Waals surface area contributed by atoms with Gasteiger partial charge in [-0.15, -0.1) is 0 Å². The van der Waals surface area contributed by atoms with E-state index in [2.05, 4.69) is 5.32 Å². The van der Waals surface area contributed by atoms with Crippen LogP contribution in [0.15, 0.2) is 48.5 Å². The van der Waals surface area contributed by atoms with E-state index in [1.165, 1.54) is 19.1 Å². The highest BCUT2D eigenvalue weighted by molar-refractivity contribution is 6.22. The Morgan fingerprint density at radius 3 is 2.45 bits per heavy atom. The van der Waals surface area contributed by atoms with Crippen LogP contribution in [0.2, 0.25) is 0 Å². The Balaban J connectivity index is 1.74. The van der Waals surface area contributed by atoms with Gasteiger partial charge in [-0.3, -0.25) is 9.59 Å². The summed E-state index contributed by atoms with van der Waals surface area (Å²) in [7, 11) is 3.02. The number of nitrogens with zero attached hydrogens (tertiary/aromatic N) is 2. The van der Waals surface area contributed by atoms with Crippen LogP contribution in [0.1, 0.15) is 19.8 Å². The van der Waals surface area contributed by atoms with Crippen LogP contribution >= 0.6 is 0 Å². The summed E-state index contributed by atoms with van der Waals surface area (Å²) in [5, 5.41) is 2.78. The predicted molar refractivity (Wildman–Crippen MR) is 124 cm³/mol. The molecule has 33 heavy (non-hydrogen) atoms. The molecule has 0 saturated carbocycles. The second kappa shape index (κ2) is 11.3. The molecule has 9 heteroatoms. The van der Waals surface area contributed by atoms with E-state index in [0.717, 1.165) is 11.3 Å². The van der Waals surface area contributed by atoms with E-state index in [1.54, 1.807) is 48.5 Å². The van der Waals surface area contributed by atoms with E-state index in [-0.39, 0.29) is 25.5 Å². The first kappa shape index (κ1) is 24.1. The van der Waals surface area contributed by atoms with Gasteiger partial charge < -0.3 is 24.4 Å². The number of urea groups is 1. The van der Waals surface area contributed by atoms with Gasteiger partial charge in [0, 0.05) is 25.4 Å². The molecule has 1 N–H and O–H groups in total. The van der Waals surface area contributed by atoms with Crippen LogP contribution in [-0.4, -0.2) is 62.8 Å². The van der Waals surface area contributed by atoms with E-state index >= 15 is 0 Å². The molecule has 3 rings (SSSR count). The Morgan fingerprint density at radius 2 is 1.79 bits per heavy atom. The second-order valence-corrected chi connectivity index (χ2v) is 7.48. The number of ether oxygens (including phenoxy) is 3. The minimum atomic E-state index is -0.939. The molecule has 176 valence electrons. The minimum Gasteiger partial charge on any atom is -0.497 e. The molecule has 1 heterocycles. The van der Waals surface area contributed by atoms with Crippen LogP contribution in [0, 0.1) is 0 Å². The Hall–Kier alpha value is -3.59. The maximum Gasteiger partial charge on any atom is 0.332 e. The first-order valence-electron chi connectivity index (χ1n) is 10.8. The van der Waals surface area contributed by atoms with Gasteiger partial charge in [0.2, 0.25) is 5.91 Å². The molecule has 1 fully saturated rings. The van der Waals surface area contributed by atoms with Crippen molar-refractivity contribution < 1.29 is 28.6 Å². The summed E-state index contributed by atoms with van der Waals surface area (Å²) < 4.78 is 15.8. The number of amides is 4. The van der Waals surface area contributed by atoms with Crippen molar-refractivity contribution in [2.45, 2.75) is 25.8 Å². The molecule has 1 aliphatic heterocycles. The fraction of sp³-hybridized carbons (Fsp3) is 0.375. The molecule has 0 aliphatic carbocycles. The first-order valence-corrected chi connectivity index (χ1v) is 10.8. The number of hydrogen-bond donors (Lipinski definition) is 1. The maximum atomic E-state index is 13.2. The Bertz CT molecular complexity index is 978. The number of nitrogens with one attached hydrogen (secondary N) is 1. The summed E-state index contributed by atoms with van der Waals surface area (Å²) in [4.78, 5) is 41.5. The topological polar surface area (TPSA) is 97.4 Å². The number of hydrogen-bond acceptors (Lipinski definition) is 6. The number of methoxy groups -OCH3 is 2. The monoisotopic (exact) mass is 455 g/mol. The average Bonchev–Trinajstić information content (AvgIpc) is 3.05. The van der Waals surface area contributed by atoms with Crippen LogP contribution < -0.4 is 19.7 Å². The lowest BCUT2D eigenvalue weighted by molar-refractivity contribution is -0.124. The van der Waals surface area contributed by atoms with Gasteiger partial charge in [0.15, 0.2) is 0 Å². The smallest absolute Gasteiger partial charge is 0.332 e. The summed E-state index contributed by atoms with van der Waals surface area (Å²) in [6.45, 7) is 3.06. The van der Waals surface area contributed by atoms with Gasteiger partial charge in [0.1, 0.15) is 17.5 Å². The average molecular weight is 456 g/mol. The normalized spacial score (nSPS) is 15.7. The van der Waals surface area contributed by atoms with Gasteiger partial charge in [-0.1, -0.05) is 13.0 Å². The van der Waals surface area contributed by atoms with Crippen molar-refractivity contribution in [2.24, 2.45) is 0 Å². The first-order chi connectivity index (χ1) is 16.0. The van der Waals surface area contributed by atoms with Crippen molar-refractivity contribution in [3.05, 3.63) is 48.5 Å². The molecule has 0 bridgehead atoms. The SMILES string of the molecule is CCCOc1ccc(NC(=O)CC2C(=O)N(c3cccc(OC)c3)C(=O)N2CCOC)cc1. The van der Waals surface area contributed by atoms with E-state index in [0.29, 0.717) is 29.5 Å². The highest BCUT2D eigenvalue weighted by Gasteiger charge is 2.46. The minimum absolute atomic E-state index is 0.178. The lowest BCUT2D eigenvalue weighted by atomic mass is 10.1. The summed E-state index contributed by atoms with van der Waals surface area (Å²) in [5.41, 5.74) is 0.964. The third kappa shape index (κ3) is 5.81. The third-order valence-corrected chi connectivity index (χ3v) is 5.16. The number of carbonyl (C=O) groups excluding carboxylic acids is 3. The van der Waals surface area contributed by atoms with Crippen molar-refractivity contribution in [3.63, 3.8) is 0 Å². The molecular weight excluding hydrogens is 426 g/mol. The summed E-state index contributed by atoms with van der Waals surface area (Å²) in [6.07, 6.45) is 0.724. The molecule has 0 spiro atoms. The van der Waals surface area contributed by atoms with Crippen molar-refractivity contribution in [3.8, 4) is 11.5 Å². The van der Waals surface area contributed by atoms with Crippen molar-refractivity contribution in [1.82, 2.24) is 4.90 Å². The number of imide groups is 1. The molecule has 0 radical (unpaired) electrons. The van der Waals surface area contributed by atoms with Crippen molar-refractivity contribution >= 4 is 29.2 Å². The Morgan fingerprint density at radius 1 is 1.03 bits per heavy atom. The maximum absolute atomic E-state index is 13.2. The lowest BCUT2D eigenvalue weighted by Gasteiger charge is -2.21. The molecule has 2 aromatic rings. The van der Waals surface area contributed by atoms with Crippen molar-refractivity contribution in [1.29, 1.82) is 0 Å². The lowest BCUT2D eigenvalue weighted by Crippen LogP contribution is -2.39. The Kier molecular flexibility index (Phi) is 8.26. The van der Waals surface area contributed by atoms with Crippen LogP contribution in [0.25, 0.3) is 0 Å². The fourth-order valence-corrected chi connectivity index (χ4v) is 3.51. The molecule has 1 aliphatic rings. The number of carbonyl (C=O) groups is 3. The third-order valence-electron chi connectivity index (χ3n) is 5.16. The van der Waals surface area contributed by atoms with Crippen LogP contribution in [0.4, 0.5) is 16.2 Å². The Labute approximate surface area is 193 Å². The molecule has 1 unspecified atom stereocenters. The zero-order valence-corrected chi connectivity index (χ0v) is 19.1. The molecule has 0 aromatic heterocycles. The van der Waals surface area contributed by atoms with Crippen molar-refractivity contribution in [2.75, 3.05) is 44.2 Å². The second-order valence-electron chi connectivity index (χ2n) is 7.48. The number of anilines is 2. The van der Waals surface area contributed by atoms with E-state index in [9.17, 15) is 14.4 Å². The van der Waals surface area contributed by atoms with Gasteiger partial charge in [-0.05, 0) is 42.8 Å². The summed E-state index contributed by atoms with van der Waals surface area (Å²) in [6, 6.07) is 12.2. The molecular formula is C24H29N3O6. The van der Waals surface area contributed by atoms with Gasteiger partial charge >= 0.3 is 6.03 Å². The predicted octanol–water partition coefficient (Wildman–Crippen LogP) is 3.30. The van der Waals surface area contributed by atoms with Gasteiger partial charge in [-0.25, -0.2) is 9.69 Å². The molecule has 1 saturated heterocycles. The van der Waals surface area contributed by atoms with E-state index in [4.69, 9.17) is 14.2 Å².